The highest BCUT2D eigenvalue weighted by atomic mass is 19.3. The number of aromatic carboxylic acids is 1. The minimum atomic E-state index is -2.90. The van der Waals surface area contributed by atoms with E-state index in [9.17, 15) is 23.8 Å². The number of phenolic OH excluding ortho intramolecular Hbond substituents is 1. The molecule has 0 amide bonds. The van der Waals surface area contributed by atoms with E-state index in [4.69, 9.17) is 5.73 Å². The molecule has 0 saturated heterocycles. The molecule has 3 rings (SSSR count). The number of nitrogen functional groups attached to an aromatic ring is 1. The van der Waals surface area contributed by atoms with Crippen molar-refractivity contribution in [1.82, 2.24) is 9.78 Å². The van der Waals surface area contributed by atoms with Crippen molar-refractivity contribution in [3.63, 3.8) is 0 Å². The van der Waals surface area contributed by atoms with Gasteiger partial charge < -0.3 is 15.9 Å². The number of aromatic hydroxyl groups is 1. The van der Waals surface area contributed by atoms with Crippen molar-refractivity contribution in [2.75, 3.05) is 5.73 Å². The van der Waals surface area contributed by atoms with E-state index in [1.165, 1.54) is 12.1 Å². The summed E-state index contributed by atoms with van der Waals surface area (Å²) in [6.07, 6.45) is 1.07. The molecule has 0 unspecified atom stereocenters. The molecule has 0 fully saturated rings. The van der Waals surface area contributed by atoms with E-state index in [2.05, 4.69) is 5.10 Å². The average Bonchev–Trinajstić information content (AvgIpc) is 2.95. The molecule has 4 N–H and O–H groups in total. The molecule has 0 atom stereocenters. The molecular formula is C17H15F2N3O3. The van der Waals surface area contributed by atoms with Gasteiger partial charge in [0.05, 0.1) is 5.69 Å². The van der Waals surface area contributed by atoms with Crippen molar-refractivity contribution in [1.29, 1.82) is 0 Å². The largest absolute Gasteiger partial charge is 0.508 e. The summed E-state index contributed by atoms with van der Waals surface area (Å²) in [5, 5.41) is 23.4. The van der Waals surface area contributed by atoms with E-state index in [0.29, 0.717) is 21.4 Å². The van der Waals surface area contributed by atoms with E-state index in [0.717, 1.165) is 11.8 Å². The molecular weight excluding hydrogens is 332 g/mol. The molecule has 0 aliphatic rings. The lowest BCUT2D eigenvalue weighted by molar-refractivity contribution is 0.0571. The highest BCUT2D eigenvalue weighted by Gasteiger charge is 2.23. The standard InChI is InChI=1S/C17H15F2N3O3/c1-7-3-4-11(23)8(2)12(7)10-5-9-6-22(17(18)19)21-15(9)13(14(10)20)16(24)25/h3-6,17,23H,20H2,1-2H3,(H,24,25). The Kier molecular flexibility index (Phi) is 3.82. The molecule has 0 aliphatic carbocycles. The number of benzene rings is 2. The number of carbonyl (C=O) groups is 1. The Balaban J connectivity index is 2.43. The van der Waals surface area contributed by atoms with Crippen LogP contribution in [0.2, 0.25) is 0 Å². The summed E-state index contributed by atoms with van der Waals surface area (Å²) in [6, 6.07) is 4.71. The Hall–Kier alpha value is -3.16. The van der Waals surface area contributed by atoms with Crippen LogP contribution in [-0.4, -0.2) is 26.0 Å². The van der Waals surface area contributed by atoms with Gasteiger partial charge in [0, 0.05) is 17.1 Å². The molecule has 0 radical (unpaired) electrons. The average molecular weight is 347 g/mol. The maximum absolute atomic E-state index is 12.9. The van der Waals surface area contributed by atoms with Crippen molar-refractivity contribution >= 4 is 22.6 Å². The number of hydrogen-bond acceptors (Lipinski definition) is 4. The Morgan fingerprint density at radius 3 is 2.60 bits per heavy atom. The molecule has 3 aromatic rings. The number of hydrogen-bond donors (Lipinski definition) is 3. The summed E-state index contributed by atoms with van der Waals surface area (Å²) < 4.78 is 26.3. The van der Waals surface area contributed by atoms with E-state index in [1.54, 1.807) is 19.9 Å². The van der Waals surface area contributed by atoms with Crippen LogP contribution in [0, 0.1) is 13.8 Å². The second-order valence-corrected chi connectivity index (χ2v) is 5.74. The van der Waals surface area contributed by atoms with Crippen molar-refractivity contribution in [2.45, 2.75) is 20.4 Å². The molecule has 0 spiro atoms. The van der Waals surface area contributed by atoms with Gasteiger partial charge in [-0.25, -0.2) is 9.48 Å². The van der Waals surface area contributed by atoms with Crippen molar-refractivity contribution in [3.05, 3.63) is 41.1 Å². The second-order valence-electron chi connectivity index (χ2n) is 5.74. The summed E-state index contributed by atoms with van der Waals surface area (Å²) in [5.74, 6) is -1.33. The Morgan fingerprint density at radius 1 is 1.32 bits per heavy atom. The quantitative estimate of drug-likeness (QED) is 0.627. The fraction of sp³-hybridized carbons (Fsp3) is 0.176. The minimum Gasteiger partial charge on any atom is -0.508 e. The van der Waals surface area contributed by atoms with Crippen LogP contribution < -0.4 is 5.73 Å². The van der Waals surface area contributed by atoms with Crippen molar-refractivity contribution < 1.29 is 23.8 Å². The number of carboxylic acids is 1. The maximum atomic E-state index is 12.9. The normalized spacial score (nSPS) is 11.4. The zero-order chi connectivity index (χ0) is 18.5. The number of anilines is 1. The first-order valence-corrected chi connectivity index (χ1v) is 7.34. The lowest BCUT2D eigenvalue weighted by atomic mass is 9.91. The summed E-state index contributed by atoms with van der Waals surface area (Å²) in [6.45, 7) is 0.557. The van der Waals surface area contributed by atoms with Gasteiger partial charge in [-0.05, 0) is 42.7 Å². The van der Waals surface area contributed by atoms with Crippen LogP contribution in [0.3, 0.4) is 0 Å². The maximum Gasteiger partial charge on any atom is 0.340 e. The SMILES string of the molecule is Cc1ccc(O)c(C)c1-c1cc2cn(C(F)F)nc2c(C(=O)O)c1N. The first-order chi connectivity index (χ1) is 11.7. The van der Waals surface area contributed by atoms with Gasteiger partial charge in [0.25, 0.3) is 0 Å². The van der Waals surface area contributed by atoms with E-state index < -0.39 is 12.5 Å². The number of fused-ring (bicyclic) bond motifs is 1. The number of halogens is 2. The second kappa shape index (κ2) is 5.73. The Labute approximate surface area is 141 Å². The van der Waals surface area contributed by atoms with Crippen LogP contribution in [0.15, 0.2) is 24.4 Å². The van der Waals surface area contributed by atoms with Gasteiger partial charge >= 0.3 is 12.5 Å². The molecule has 1 heterocycles. The first-order valence-electron chi connectivity index (χ1n) is 7.34. The van der Waals surface area contributed by atoms with Crippen molar-refractivity contribution in [3.8, 4) is 16.9 Å². The topological polar surface area (TPSA) is 101 Å². The molecule has 25 heavy (non-hydrogen) atoms. The Bertz CT molecular complexity index is 1010. The van der Waals surface area contributed by atoms with Crippen LogP contribution >= 0.6 is 0 Å². The molecule has 0 aliphatic heterocycles. The third-order valence-electron chi connectivity index (χ3n) is 4.18. The highest BCUT2D eigenvalue weighted by Crippen LogP contribution is 2.40. The number of aromatic nitrogens is 2. The molecule has 8 heteroatoms. The van der Waals surface area contributed by atoms with Gasteiger partial charge in [-0.1, -0.05) is 6.07 Å². The van der Waals surface area contributed by atoms with Crippen LogP contribution in [0.25, 0.3) is 22.0 Å². The van der Waals surface area contributed by atoms with Gasteiger partial charge in [0.2, 0.25) is 0 Å². The molecule has 2 aromatic carbocycles. The number of rotatable bonds is 3. The smallest absolute Gasteiger partial charge is 0.340 e. The van der Waals surface area contributed by atoms with Crippen LogP contribution in [-0.2, 0) is 0 Å². The Morgan fingerprint density at radius 2 is 2.00 bits per heavy atom. The van der Waals surface area contributed by atoms with E-state index in [1.807, 2.05) is 0 Å². The molecule has 6 nitrogen and oxygen atoms in total. The van der Waals surface area contributed by atoms with Gasteiger partial charge in [0.15, 0.2) is 0 Å². The monoisotopic (exact) mass is 347 g/mol. The van der Waals surface area contributed by atoms with E-state index >= 15 is 0 Å². The van der Waals surface area contributed by atoms with E-state index in [-0.39, 0.29) is 27.9 Å². The lowest BCUT2D eigenvalue weighted by Crippen LogP contribution is -2.07. The lowest BCUT2D eigenvalue weighted by Gasteiger charge is -2.15. The fourth-order valence-corrected chi connectivity index (χ4v) is 2.97. The van der Waals surface area contributed by atoms with Gasteiger partial charge in [-0.3, -0.25) is 0 Å². The number of nitrogens with two attached hydrogens (primary N) is 1. The van der Waals surface area contributed by atoms with Crippen LogP contribution in [0.5, 0.6) is 5.75 Å². The third kappa shape index (κ3) is 2.55. The number of alkyl halides is 2. The number of nitrogens with zero attached hydrogens (tertiary/aromatic N) is 2. The van der Waals surface area contributed by atoms with Gasteiger partial charge in [-0.2, -0.15) is 13.9 Å². The summed E-state index contributed by atoms with van der Waals surface area (Å²) in [4.78, 5) is 11.7. The highest BCUT2D eigenvalue weighted by molar-refractivity contribution is 6.11. The molecule has 1 aromatic heterocycles. The predicted octanol–water partition coefficient (Wildman–Crippen LogP) is 3.70. The van der Waals surface area contributed by atoms with Crippen molar-refractivity contribution in [2.24, 2.45) is 0 Å². The van der Waals surface area contributed by atoms with Gasteiger partial charge in [-0.15, -0.1) is 0 Å². The molecule has 0 bridgehead atoms. The van der Waals surface area contributed by atoms with Gasteiger partial charge in [0.1, 0.15) is 16.8 Å². The zero-order valence-electron chi connectivity index (χ0n) is 13.4. The van der Waals surface area contributed by atoms with Crippen LogP contribution in [0.1, 0.15) is 28.0 Å². The predicted molar refractivity (Wildman–Crippen MR) is 88.9 cm³/mol. The number of phenols is 1. The third-order valence-corrected chi connectivity index (χ3v) is 4.18. The summed E-state index contributed by atoms with van der Waals surface area (Å²) >= 11 is 0. The summed E-state index contributed by atoms with van der Waals surface area (Å²) in [7, 11) is 0. The molecule has 0 saturated carbocycles. The summed E-state index contributed by atoms with van der Waals surface area (Å²) in [5.41, 5.74) is 7.72. The zero-order valence-corrected chi connectivity index (χ0v) is 13.4. The molecule has 130 valence electrons. The fourth-order valence-electron chi connectivity index (χ4n) is 2.97. The number of carboxylic acid groups (broad SMARTS) is 1. The first kappa shape index (κ1) is 16.7. The van der Waals surface area contributed by atoms with Crippen LogP contribution in [0.4, 0.5) is 14.5 Å². The number of aryl methyl sites for hydroxylation is 1. The minimum absolute atomic E-state index is 0.0280.